The lowest BCUT2D eigenvalue weighted by atomic mass is 10.0. The van der Waals surface area contributed by atoms with Crippen LogP contribution >= 0.6 is 0 Å². The molecule has 0 radical (unpaired) electrons. The predicted molar refractivity (Wildman–Crippen MR) is 66.1 cm³/mol. The van der Waals surface area contributed by atoms with E-state index in [9.17, 15) is 14.4 Å². The number of carboxylic acid groups (broad SMARTS) is 1. The molecule has 0 aromatic rings. The van der Waals surface area contributed by atoms with Crippen molar-refractivity contribution in [2.45, 2.75) is 26.3 Å². The Kier molecular flexibility index (Phi) is 6.77. The topological polar surface area (TPSA) is 98.7 Å². The Labute approximate surface area is 107 Å². The molecule has 0 saturated carbocycles. The van der Waals surface area contributed by atoms with Crippen LogP contribution in [0.15, 0.2) is 0 Å². The van der Waals surface area contributed by atoms with Crippen LogP contribution in [0.4, 0.5) is 4.79 Å². The average Bonchev–Trinajstić information content (AvgIpc) is 2.26. The van der Waals surface area contributed by atoms with E-state index >= 15 is 0 Å². The summed E-state index contributed by atoms with van der Waals surface area (Å²) in [6.45, 7) is 3.63. The highest BCUT2D eigenvalue weighted by Crippen LogP contribution is 2.05. The molecule has 1 atom stereocenters. The smallest absolute Gasteiger partial charge is 0.326 e. The van der Waals surface area contributed by atoms with Crippen molar-refractivity contribution in [1.29, 1.82) is 0 Å². The van der Waals surface area contributed by atoms with Crippen molar-refractivity contribution in [3.05, 3.63) is 0 Å². The molecule has 0 heterocycles. The van der Waals surface area contributed by atoms with Gasteiger partial charge in [0, 0.05) is 14.1 Å². The minimum atomic E-state index is -1.08. The van der Waals surface area contributed by atoms with Crippen LogP contribution in [0.25, 0.3) is 0 Å². The standard InChI is InChI=1S/C11H21N3O4/c1-7(2)5-8(10(16)17)13-11(18)14(4)6-9(15)12-3/h7-8H,5-6H2,1-4H3,(H,12,15)(H,13,18)(H,16,17)/t8-/m1/s1. The number of carboxylic acids is 1. The van der Waals surface area contributed by atoms with Gasteiger partial charge in [0.05, 0.1) is 0 Å². The Bertz CT molecular complexity index is 317. The Balaban J connectivity index is 4.41. The lowest BCUT2D eigenvalue weighted by Gasteiger charge is -2.21. The molecule has 0 fully saturated rings. The van der Waals surface area contributed by atoms with Crippen molar-refractivity contribution in [3.8, 4) is 0 Å². The highest BCUT2D eigenvalue weighted by molar-refractivity contribution is 5.86. The first-order valence-electron chi connectivity index (χ1n) is 5.73. The minimum absolute atomic E-state index is 0.115. The zero-order chi connectivity index (χ0) is 14.3. The van der Waals surface area contributed by atoms with Crippen molar-refractivity contribution in [3.63, 3.8) is 0 Å². The van der Waals surface area contributed by atoms with Crippen LogP contribution in [0.5, 0.6) is 0 Å². The van der Waals surface area contributed by atoms with E-state index in [1.54, 1.807) is 0 Å². The molecule has 0 spiro atoms. The number of nitrogens with zero attached hydrogens (tertiary/aromatic N) is 1. The fraction of sp³-hybridized carbons (Fsp3) is 0.727. The van der Waals surface area contributed by atoms with Gasteiger partial charge in [0.1, 0.15) is 12.6 Å². The van der Waals surface area contributed by atoms with Crippen LogP contribution < -0.4 is 10.6 Å². The third-order valence-corrected chi connectivity index (χ3v) is 2.31. The Hall–Kier alpha value is -1.79. The maximum absolute atomic E-state index is 11.7. The summed E-state index contributed by atoms with van der Waals surface area (Å²) in [5.74, 6) is -1.25. The number of carbonyl (C=O) groups is 3. The number of carbonyl (C=O) groups excluding carboxylic acids is 2. The molecule has 0 bridgehead atoms. The first-order valence-corrected chi connectivity index (χ1v) is 5.73. The SMILES string of the molecule is CNC(=O)CN(C)C(=O)N[C@H](CC(C)C)C(=O)O. The number of urea groups is 1. The first kappa shape index (κ1) is 16.2. The fourth-order valence-electron chi connectivity index (χ4n) is 1.32. The summed E-state index contributed by atoms with van der Waals surface area (Å²) in [4.78, 5) is 34.8. The molecular weight excluding hydrogens is 238 g/mol. The maximum Gasteiger partial charge on any atom is 0.326 e. The number of hydrogen-bond donors (Lipinski definition) is 3. The van der Waals surface area contributed by atoms with Crippen LogP contribution in [0.3, 0.4) is 0 Å². The van der Waals surface area contributed by atoms with Crippen molar-refractivity contribution >= 4 is 17.9 Å². The molecule has 7 heteroatoms. The quantitative estimate of drug-likeness (QED) is 0.619. The largest absolute Gasteiger partial charge is 0.480 e. The minimum Gasteiger partial charge on any atom is -0.480 e. The Morgan fingerprint density at radius 3 is 2.22 bits per heavy atom. The van der Waals surface area contributed by atoms with Crippen LogP contribution in [0.2, 0.25) is 0 Å². The number of nitrogens with one attached hydrogen (secondary N) is 2. The number of aliphatic carboxylic acids is 1. The molecule has 0 aromatic heterocycles. The molecule has 3 N–H and O–H groups in total. The molecule has 7 nitrogen and oxygen atoms in total. The summed E-state index contributed by atoms with van der Waals surface area (Å²) in [7, 11) is 2.89. The van der Waals surface area contributed by atoms with Crippen molar-refractivity contribution in [1.82, 2.24) is 15.5 Å². The normalized spacial score (nSPS) is 11.8. The summed E-state index contributed by atoms with van der Waals surface area (Å²) >= 11 is 0. The third-order valence-electron chi connectivity index (χ3n) is 2.31. The molecule has 104 valence electrons. The van der Waals surface area contributed by atoms with Gasteiger partial charge >= 0.3 is 12.0 Å². The van der Waals surface area contributed by atoms with Gasteiger partial charge in [0.15, 0.2) is 0 Å². The number of hydrogen-bond acceptors (Lipinski definition) is 3. The van der Waals surface area contributed by atoms with Gasteiger partial charge in [0.25, 0.3) is 0 Å². The van der Waals surface area contributed by atoms with Gasteiger partial charge in [-0.15, -0.1) is 0 Å². The molecule has 0 rings (SSSR count). The highest BCUT2D eigenvalue weighted by atomic mass is 16.4. The van der Waals surface area contributed by atoms with Gasteiger partial charge in [-0.2, -0.15) is 0 Å². The summed E-state index contributed by atoms with van der Waals surface area (Å²) in [5, 5.41) is 13.7. The van der Waals surface area contributed by atoms with E-state index in [1.165, 1.54) is 14.1 Å². The number of amides is 3. The van der Waals surface area contributed by atoms with Crippen LogP contribution in [0.1, 0.15) is 20.3 Å². The zero-order valence-electron chi connectivity index (χ0n) is 11.2. The van der Waals surface area contributed by atoms with E-state index in [0.29, 0.717) is 6.42 Å². The molecule has 0 aliphatic carbocycles. The van der Waals surface area contributed by atoms with Crippen LogP contribution in [-0.2, 0) is 9.59 Å². The van der Waals surface area contributed by atoms with Crippen LogP contribution in [-0.4, -0.2) is 54.6 Å². The monoisotopic (exact) mass is 259 g/mol. The van der Waals surface area contributed by atoms with Gasteiger partial charge in [-0.05, 0) is 12.3 Å². The highest BCUT2D eigenvalue weighted by Gasteiger charge is 2.23. The molecule has 0 saturated heterocycles. The summed E-state index contributed by atoms with van der Waals surface area (Å²) < 4.78 is 0. The number of likely N-dealkylation sites (N-methyl/N-ethyl adjacent to an activating group) is 2. The predicted octanol–water partition coefficient (Wildman–Crippen LogP) is -0.127. The lowest BCUT2D eigenvalue weighted by molar-refractivity contribution is -0.139. The van der Waals surface area contributed by atoms with Crippen LogP contribution in [0, 0.1) is 5.92 Å². The van der Waals surface area contributed by atoms with Gasteiger partial charge in [-0.3, -0.25) is 4.79 Å². The second kappa shape index (κ2) is 7.52. The maximum atomic E-state index is 11.7. The van der Waals surface area contributed by atoms with E-state index in [4.69, 9.17) is 5.11 Å². The zero-order valence-corrected chi connectivity index (χ0v) is 11.2. The lowest BCUT2D eigenvalue weighted by Crippen LogP contribution is -2.49. The fourth-order valence-corrected chi connectivity index (χ4v) is 1.32. The van der Waals surface area contributed by atoms with Crippen molar-refractivity contribution in [2.75, 3.05) is 20.6 Å². The molecule has 3 amide bonds. The second-order valence-corrected chi connectivity index (χ2v) is 4.50. The van der Waals surface area contributed by atoms with E-state index in [0.717, 1.165) is 4.90 Å². The van der Waals surface area contributed by atoms with Gasteiger partial charge < -0.3 is 20.6 Å². The van der Waals surface area contributed by atoms with E-state index in [2.05, 4.69) is 10.6 Å². The van der Waals surface area contributed by atoms with Crippen molar-refractivity contribution in [2.24, 2.45) is 5.92 Å². The van der Waals surface area contributed by atoms with Gasteiger partial charge in [-0.1, -0.05) is 13.8 Å². The molecule has 18 heavy (non-hydrogen) atoms. The first-order chi connectivity index (χ1) is 8.27. The van der Waals surface area contributed by atoms with Gasteiger partial charge in [-0.25, -0.2) is 9.59 Å². The molecule has 0 aliphatic rings. The summed E-state index contributed by atoms with van der Waals surface area (Å²) in [5.41, 5.74) is 0. The Morgan fingerprint density at radius 1 is 1.28 bits per heavy atom. The summed E-state index contributed by atoms with van der Waals surface area (Å²) in [6, 6.07) is -1.52. The molecule has 0 unspecified atom stereocenters. The average molecular weight is 259 g/mol. The Morgan fingerprint density at radius 2 is 1.83 bits per heavy atom. The summed E-state index contributed by atoms with van der Waals surface area (Å²) in [6.07, 6.45) is 0.342. The van der Waals surface area contributed by atoms with E-state index < -0.39 is 18.0 Å². The molecular formula is C11H21N3O4. The molecule has 0 aromatic carbocycles. The van der Waals surface area contributed by atoms with Crippen molar-refractivity contribution < 1.29 is 19.5 Å². The number of rotatable bonds is 6. The third kappa shape index (κ3) is 6.07. The van der Waals surface area contributed by atoms with E-state index in [1.807, 2.05) is 13.8 Å². The molecule has 0 aliphatic heterocycles. The van der Waals surface area contributed by atoms with Gasteiger partial charge in [0.2, 0.25) is 5.91 Å². The van der Waals surface area contributed by atoms with E-state index in [-0.39, 0.29) is 18.4 Å². The second-order valence-electron chi connectivity index (χ2n) is 4.50.